The minimum Gasteiger partial charge on any atom is -0.467 e. The van der Waals surface area contributed by atoms with Crippen molar-refractivity contribution in [1.29, 1.82) is 0 Å². The Labute approximate surface area is 145 Å². The number of halogens is 1. The molecule has 1 aromatic heterocycles. The van der Waals surface area contributed by atoms with E-state index in [0.29, 0.717) is 24.8 Å². The maximum absolute atomic E-state index is 12.4. The molecule has 126 valence electrons. The molecule has 1 aliphatic rings. The summed E-state index contributed by atoms with van der Waals surface area (Å²) in [6.07, 6.45) is 3.42. The zero-order valence-electron chi connectivity index (χ0n) is 13.4. The monoisotopic (exact) mass is 346 g/mol. The Hall–Kier alpha value is -2.34. The van der Waals surface area contributed by atoms with Crippen LogP contribution in [0.2, 0.25) is 5.02 Å². The number of carbonyl (C=O) groups excluding carboxylic acids is 1. The number of anilines is 1. The fourth-order valence-corrected chi connectivity index (χ4v) is 2.97. The van der Waals surface area contributed by atoms with Crippen molar-refractivity contribution in [2.24, 2.45) is 0 Å². The first-order chi connectivity index (χ1) is 11.7. The highest BCUT2D eigenvalue weighted by Gasteiger charge is 2.24. The van der Waals surface area contributed by atoms with Crippen molar-refractivity contribution in [3.05, 3.63) is 47.1 Å². The van der Waals surface area contributed by atoms with E-state index >= 15 is 0 Å². The fraction of sp³-hybridized carbons (Fsp3) is 0.353. The summed E-state index contributed by atoms with van der Waals surface area (Å²) in [7, 11) is 1.49. The normalized spacial score (nSPS) is 15.2. The third-order valence-corrected chi connectivity index (χ3v) is 4.43. The van der Waals surface area contributed by atoms with Gasteiger partial charge in [0.05, 0.1) is 7.11 Å². The molecular formula is C17H19ClN4O2. The topological polar surface area (TPSA) is 67.3 Å². The van der Waals surface area contributed by atoms with Crippen LogP contribution in [0.3, 0.4) is 0 Å². The van der Waals surface area contributed by atoms with E-state index in [0.717, 1.165) is 17.9 Å². The summed E-state index contributed by atoms with van der Waals surface area (Å²) in [5, 5.41) is 3.53. The summed E-state index contributed by atoms with van der Waals surface area (Å²) in [4.78, 5) is 22.2. The molecule has 7 heteroatoms. The Balaban J connectivity index is 1.55. The number of benzene rings is 1. The van der Waals surface area contributed by atoms with Gasteiger partial charge in [0.2, 0.25) is 0 Å². The van der Waals surface area contributed by atoms with Gasteiger partial charge in [-0.2, -0.15) is 4.98 Å². The molecule has 6 nitrogen and oxygen atoms in total. The maximum Gasteiger partial charge on any atom is 0.323 e. The smallest absolute Gasteiger partial charge is 0.323 e. The zero-order valence-corrected chi connectivity index (χ0v) is 14.2. The van der Waals surface area contributed by atoms with Crippen molar-refractivity contribution in [3.63, 3.8) is 0 Å². The van der Waals surface area contributed by atoms with Crippen LogP contribution in [0, 0.1) is 0 Å². The number of rotatable bonds is 3. The minimum atomic E-state index is -0.148. The number of hydrogen-bond acceptors (Lipinski definition) is 4. The van der Waals surface area contributed by atoms with E-state index < -0.39 is 0 Å². The third-order valence-electron chi connectivity index (χ3n) is 4.17. The molecule has 0 aliphatic carbocycles. The average molecular weight is 347 g/mol. The average Bonchev–Trinajstić information content (AvgIpc) is 2.62. The Morgan fingerprint density at radius 3 is 2.62 bits per heavy atom. The molecular weight excluding hydrogens is 328 g/mol. The van der Waals surface area contributed by atoms with Crippen molar-refractivity contribution < 1.29 is 9.53 Å². The second-order valence-corrected chi connectivity index (χ2v) is 6.11. The van der Waals surface area contributed by atoms with Crippen molar-refractivity contribution in [2.75, 3.05) is 25.5 Å². The molecule has 0 atom stereocenters. The van der Waals surface area contributed by atoms with Crippen LogP contribution in [0.25, 0.3) is 0 Å². The molecule has 0 spiro atoms. The predicted molar refractivity (Wildman–Crippen MR) is 92.6 cm³/mol. The number of urea groups is 1. The maximum atomic E-state index is 12.4. The van der Waals surface area contributed by atoms with Crippen molar-refractivity contribution in [2.45, 2.75) is 18.8 Å². The summed E-state index contributed by atoms with van der Waals surface area (Å²) in [5.74, 6) is 0.900. The predicted octanol–water partition coefficient (Wildman–Crippen LogP) is 3.55. The van der Waals surface area contributed by atoms with Gasteiger partial charge in [-0.05, 0) is 42.5 Å². The summed E-state index contributed by atoms with van der Waals surface area (Å²) in [6, 6.07) is 9.68. The van der Waals surface area contributed by atoms with Crippen LogP contribution in [0.1, 0.15) is 24.3 Å². The Morgan fingerprint density at radius 2 is 1.96 bits per heavy atom. The molecule has 1 aliphatic heterocycles. The molecule has 1 saturated heterocycles. The Kier molecular flexibility index (Phi) is 5.15. The van der Waals surface area contributed by atoms with Crippen LogP contribution in [0.5, 0.6) is 6.01 Å². The van der Waals surface area contributed by atoms with Gasteiger partial charge in [-0.25, -0.2) is 9.78 Å². The van der Waals surface area contributed by atoms with Crippen LogP contribution < -0.4 is 10.1 Å². The zero-order chi connectivity index (χ0) is 16.9. The first-order valence-electron chi connectivity index (χ1n) is 7.84. The largest absolute Gasteiger partial charge is 0.467 e. The van der Waals surface area contributed by atoms with E-state index in [1.807, 2.05) is 12.1 Å². The Bertz CT molecular complexity index is 700. The van der Waals surface area contributed by atoms with E-state index in [-0.39, 0.29) is 12.0 Å². The molecule has 0 radical (unpaired) electrons. The van der Waals surface area contributed by atoms with Crippen LogP contribution in [0.15, 0.2) is 36.5 Å². The van der Waals surface area contributed by atoms with Crippen LogP contribution in [-0.4, -0.2) is 41.1 Å². The second-order valence-electron chi connectivity index (χ2n) is 5.67. The van der Waals surface area contributed by atoms with Gasteiger partial charge in [0.25, 0.3) is 0 Å². The first kappa shape index (κ1) is 16.5. The first-order valence-corrected chi connectivity index (χ1v) is 8.22. The summed E-state index contributed by atoms with van der Waals surface area (Å²) in [5.41, 5.74) is 1.28. The molecule has 1 aromatic carbocycles. The number of ether oxygens (including phenoxy) is 1. The van der Waals surface area contributed by atoms with Gasteiger partial charge < -0.3 is 9.64 Å². The lowest BCUT2D eigenvalue weighted by Gasteiger charge is -2.32. The lowest BCUT2D eigenvalue weighted by molar-refractivity contribution is 0.194. The number of nitrogens with zero attached hydrogens (tertiary/aromatic N) is 3. The molecule has 1 fully saturated rings. The minimum absolute atomic E-state index is 0.148. The number of hydrogen-bond donors (Lipinski definition) is 1. The van der Waals surface area contributed by atoms with Gasteiger partial charge >= 0.3 is 12.0 Å². The summed E-state index contributed by atoms with van der Waals surface area (Å²) in [6.45, 7) is 1.42. The molecule has 24 heavy (non-hydrogen) atoms. The highest BCUT2D eigenvalue weighted by Crippen LogP contribution is 2.29. The van der Waals surface area contributed by atoms with Crippen LogP contribution in [-0.2, 0) is 0 Å². The van der Waals surface area contributed by atoms with Crippen molar-refractivity contribution in [1.82, 2.24) is 14.9 Å². The van der Waals surface area contributed by atoms with Gasteiger partial charge in [-0.3, -0.25) is 5.32 Å². The van der Waals surface area contributed by atoms with E-state index in [4.69, 9.17) is 16.3 Å². The number of methoxy groups -OCH3 is 1. The van der Waals surface area contributed by atoms with Crippen LogP contribution >= 0.6 is 11.6 Å². The number of aromatic nitrogens is 2. The highest BCUT2D eigenvalue weighted by atomic mass is 35.5. The molecule has 1 N–H and O–H groups in total. The number of carbonyl (C=O) groups is 1. The van der Waals surface area contributed by atoms with Gasteiger partial charge in [-0.15, -0.1) is 0 Å². The fourth-order valence-electron chi connectivity index (χ4n) is 2.85. The molecule has 2 heterocycles. The molecule has 2 amide bonds. The van der Waals surface area contributed by atoms with Gasteiger partial charge in [0, 0.05) is 24.3 Å². The van der Waals surface area contributed by atoms with E-state index in [2.05, 4.69) is 27.4 Å². The van der Waals surface area contributed by atoms with Gasteiger partial charge in [-0.1, -0.05) is 23.7 Å². The summed E-state index contributed by atoms with van der Waals surface area (Å²) < 4.78 is 4.96. The number of amides is 2. The standard InChI is InChI=1S/C17H19ClN4O2/c1-24-16-19-9-6-15(20-16)21-17(23)22-10-7-13(8-11-22)12-2-4-14(18)5-3-12/h2-6,9,13H,7-8,10-11H2,1H3,(H,19,20,21,23). The summed E-state index contributed by atoms with van der Waals surface area (Å²) >= 11 is 5.93. The van der Waals surface area contributed by atoms with Gasteiger partial charge in [0.15, 0.2) is 0 Å². The SMILES string of the molecule is COc1nccc(NC(=O)N2CCC(c3ccc(Cl)cc3)CC2)n1. The third kappa shape index (κ3) is 3.94. The molecule has 3 rings (SSSR count). The van der Waals surface area contributed by atoms with E-state index in [1.54, 1.807) is 17.2 Å². The lowest BCUT2D eigenvalue weighted by atomic mass is 9.90. The van der Waals surface area contributed by atoms with Crippen molar-refractivity contribution in [3.8, 4) is 6.01 Å². The second kappa shape index (κ2) is 7.49. The molecule has 0 saturated carbocycles. The number of likely N-dealkylation sites (tertiary alicyclic amines) is 1. The van der Waals surface area contributed by atoms with E-state index in [1.165, 1.54) is 12.7 Å². The van der Waals surface area contributed by atoms with Gasteiger partial charge in [0.1, 0.15) is 5.82 Å². The van der Waals surface area contributed by atoms with E-state index in [9.17, 15) is 4.79 Å². The number of piperidine rings is 1. The molecule has 2 aromatic rings. The quantitative estimate of drug-likeness (QED) is 0.922. The molecule has 0 unspecified atom stereocenters. The lowest BCUT2D eigenvalue weighted by Crippen LogP contribution is -2.40. The number of nitrogens with one attached hydrogen (secondary N) is 1. The Morgan fingerprint density at radius 1 is 1.25 bits per heavy atom. The van der Waals surface area contributed by atoms with Crippen LogP contribution in [0.4, 0.5) is 10.6 Å². The highest BCUT2D eigenvalue weighted by molar-refractivity contribution is 6.30. The van der Waals surface area contributed by atoms with Crippen molar-refractivity contribution >= 4 is 23.4 Å². The molecule has 0 bridgehead atoms.